The third kappa shape index (κ3) is 3.93. The Hall–Kier alpha value is -1.22. The Morgan fingerprint density at radius 2 is 1.82 bits per heavy atom. The normalized spacial score (nSPS) is 11.3. The van der Waals surface area contributed by atoms with Crippen LogP contribution in [-0.2, 0) is 0 Å². The molecule has 0 aliphatic carbocycles. The van der Waals surface area contributed by atoms with E-state index in [2.05, 4.69) is 5.32 Å². The van der Waals surface area contributed by atoms with Crippen LogP contribution in [-0.4, -0.2) is 23.9 Å². The number of para-hydroxylation sites is 2. The molecule has 0 fully saturated rings. The highest BCUT2D eigenvalue weighted by Gasteiger charge is 2.21. The van der Waals surface area contributed by atoms with Crippen LogP contribution in [0.5, 0.6) is 5.75 Å². The van der Waals surface area contributed by atoms with Gasteiger partial charge in [-0.2, -0.15) is 0 Å². The Kier molecular flexibility index (Phi) is 5.29. The monoisotopic (exact) mass is 237 g/mol. The molecule has 0 atom stereocenters. The number of hydrogen-bond acceptors (Lipinski definition) is 3. The maximum atomic E-state index is 10.2. The number of benzene rings is 1. The molecular formula is C14H23NO2. The molecule has 1 aromatic carbocycles. The van der Waals surface area contributed by atoms with E-state index in [1.54, 1.807) is 0 Å². The van der Waals surface area contributed by atoms with Gasteiger partial charge in [0.05, 0.1) is 17.9 Å². The van der Waals surface area contributed by atoms with Crippen LogP contribution < -0.4 is 10.1 Å². The molecule has 0 aromatic heterocycles. The van der Waals surface area contributed by atoms with E-state index >= 15 is 0 Å². The highest BCUT2D eigenvalue weighted by atomic mass is 16.5. The second kappa shape index (κ2) is 6.50. The van der Waals surface area contributed by atoms with Crippen LogP contribution in [0.4, 0.5) is 5.69 Å². The minimum Gasteiger partial charge on any atom is -0.492 e. The fourth-order valence-corrected chi connectivity index (χ4v) is 1.65. The maximum absolute atomic E-state index is 10.2. The summed E-state index contributed by atoms with van der Waals surface area (Å²) < 4.78 is 5.53. The second-order valence-corrected chi connectivity index (χ2v) is 4.21. The molecule has 96 valence electrons. The van der Waals surface area contributed by atoms with Crippen molar-refractivity contribution < 1.29 is 9.84 Å². The minimum absolute atomic E-state index is 0.546. The summed E-state index contributed by atoms with van der Waals surface area (Å²) in [5, 5.41) is 13.5. The third-order valence-electron chi connectivity index (χ3n) is 3.11. The van der Waals surface area contributed by atoms with E-state index < -0.39 is 5.60 Å². The standard InChI is InChI=1S/C14H23NO2/c1-4-14(16,5-2)11-15-12-9-7-8-10-13(12)17-6-3/h7-10,15-16H,4-6,11H2,1-3H3. The van der Waals surface area contributed by atoms with Crippen LogP contribution in [0.15, 0.2) is 24.3 Å². The van der Waals surface area contributed by atoms with Gasteiger partial charge in [0.1, 0.15) is 5.75 Å². The van der Waals surface area contributed by atoms with Crippen molar-refractivity contribution in [3.8, 4) is 5.75 Å². The van der Waals surface area contributed by atoms with E-state index in [1.807, 2.05) is 45.0 Å². The molecule has 3 heteroatoms. The van der Waals surface area contributed by atoms with Gasteiger partial charge in [-0.15, -0.1) is 0 Å². The molecule has 3 nitrogen and oxygen atoms in total. The van der Waals surface area contributed by atoms with Crippen LogP contribution in [0.1, 0.15) is 33.6 Å². The average molecular weight is 237 g/mol. The fourth-order valence-electron chi connectivity index (χ4n) is 1.65. The predicted molar refractivity (Wildman–Crippen MR) is 71.6 cm³/mol. The van der Waals surface area contributed by atoms with Gasteiger partial charge in [-0.05, 0) is 31.9 Å². The van der Waals surface area contributed by atoms with Gasteiger partial charge in [0.25, 0.3) is 0 Å². The van der Waals surface area contributed by atoms with Crippen LogP contribution >= 0.6 is 0 Å². The number of rotatable bonds is 7. The van der Waals surface area contributed by atoms with Gasteiger partial charge < -0.3 is 15.2 Å². The molecule has 0 saturated heterocycles. The summed E-state index contributed by atoms with van der Waals surface area (Å²) in [5.74, 6) is 0.838. The van der Waals surface area contributed by atoms with Crippen molar-refractivity contribution in [2.45, 2.75) is 39.2 Å². The third-order valence-corrected chi connectivity index (χ3v) is 3.11. The van der Waals surface area contributed by atoms with Crippen molar-refractivity contribution in [2.24, 2.45) is 0 Å². The first kappa shape index (κ1) is 13.8. The molecule has 0 aliphatic heterocycles. The lowest BCUT2D eigenvalue weighted by Gasteiger charge is -2.26. The Labute approximate surface area is 104 Å². The zero-order valence-corrected chi connectivity index (χ0v) is 11.0. The molecule has 0 spiro atoms. The van der Waals surface area contributed by atoms with Crippen LogP contribution in [0.2, 0.25) is 0 Å². The number of anilines is 1. The molecule has 1 rings (SSSR count). The smallest absolute Gasteiger partial charge is 0.142 e. The van der Waals surface area contributed by atoms with Gasteiger partial charge in [0.15, 0.2) is 0 Å². The largest absolute Gasteiger partial charge is 0.492 e. The quantitative estimate of drug-likeness (QED) is 0.766. The second-order valence-electron chi connectivity index (χ2n) is 4.21. The molecule has 17 heavy (non-hydrogen) atoms. The van der Waals surface area contributed by atoms with Crippen molar-refractivity contribution in [1.82, 2.24) is 0 Å². The maximum Gasteiger partial charge on any atom is 0.142 e. The van der Waals surface area contributed by atoms with E-state index in [4.69, 9.17) is 4.74 Å². The summed E-state index contributed by atoms with van der Waals surface area (Å²) >= 11 is 0. The lowest BCUT2D eigenvalue weighted by molar-refractivity contribution is 0.0456. The van der Waals surface area contributed by atoms with Crippen molar-refractivity contribution in [1.29, 1.82) is 0 Å². The number of nitrogens with one attached hydrogen (secondary N) is 1. The molecule has 1 aromatic rings. The van der Waals surface area contributed by atoms with Gasteiger partial charge in [-0.1, -0.05) is 26.0 Å². The molecule has 0 saturated carbocycles. The summed E-state index contributed by atoms with van der Waals surface area (Å²) in [4.78, 5) is 0. The Morgan fingerprint density at radius 3 is 2.41 bits per heavy atom. The minimum atomic E-state index is -0.640. The topological polar surface area (TPSA) is 41.5 Å². The zero-order chi connectivity index (χ0) is 12.7. The highest BCUT2D eigenvalue weighted by molar-refractivity contribution is 5.56. The van der Waals surface area contributed by atoms with E-state index in [1.165, 1.54) is 0 Å². The van der Waals surface area contributed by atoms with E-state index in [9.17, 15) is 5.11 Å². The Balaban J connectivity index is 2.68. The summed E-state index contributed by atoms with van der Waals surface area (Å²) in [7, 11) is 0. The van der Waals surface area contributed by atoms with Gasteiger partial charge in [0.2, 0.25) is 0 Å². The van der Waals surface area contributed by atoms with Crippen LogP contribution in [0, 0.1) is 0 Å². The molecule has 0 heterocycles. The molecule has 0 unspecified atom stereocenters. The van der Waals surface area contributed by atoms with Crippen molar-refractivity contribution in [3.05, 3.63) is 24.3 Å². The van der Waals surface area contributed by atoms with Crippen molar-refractivity contribution >= 4 is 5.69 Å². The van der Waals surface area contributed by atoms with Crippen molar-refractivity contribution in [2.75, 3.05) is 18.5 Å². The molecule has 2 N–H and O–H groups in total. The Morgan fingerprint density at radius 1 is 1.18 bits per heavy atom. The first-order valence-electron chi connectivity index (χ1n) is 6.33. The number of aliphatic hydroxyl groups is 1. The zero-order valence-electron chi connectivity index (χ0n) is 11.0. The van der Waals surface area contributed by atoms with Crippen LogP contribution in [0.25, 0.3) is 0 Å². The first-order chi connectivity index (χ1) is 8.15. The summed E-state index contributed by atoms with van der Waals surface area (Å²) in [6, 6.07) is 7.81. The number of hydrogen-bond donors (Lipinski definition) is 2. The van der Waals surface area contributed by atoms with E-state index in [0.717, 1.165) is 24.3 Å². The van der Waals surface area contributed by atoms with Crippen LogP contribution in [0.3, 0.4) is 0 Å². The molecule has 0 aliphatic rings. The number of ether oxygens (including phenoxy) is 1. The fraction of sp³-hybridized carbons (Fsp3) is 0.571. The summed E-state index contributed by atoms with van der Waals surface area (Å²) in [6.07, 6.45) is 1.49. The summed E-state index contributed by atoms with van der Waals surface area (Å²) in [5.41, 5.74) is 0.300. The highest BCUT2D eigenvalue weighted by Crippen LogP contribution is 2.25. The SMILES string of the molecule is CCOc1ccccc1NCC(O)(CC)CC. The van der Waals surface area contributed by atoms with E-state index in [0.29, 0.717) is 13.2 Å². The van der Waals surface area contributed by atoms with Crippen molar-refractivity contribution in [3.63, 3.8) is 0 Å². The lowest BCUT2D eigenvalue weighted by Crippen LogP contribution is -2.35. The predicted octanol–water partition coefficient (Wildman–Crippen LogP) is 3.05. The Bertz CT molecular complexity index is 335. The molecule has 0 radical (unpaired) electrons. The molecule has 0 bridgehead atoms. The van der Waals surface area contributed by atoms with Gasteiger partial charge in [-0.3, -0.25) is 0 Å². The summed E-state index contributed by atoms with van der Waals surface area (Å²) in [6.45, 7) is 7.15. The van der Waals surface area contributed by atoms with Gasteiger partial charge in [0, 0.05) is 6.54 Å². The lowest BCUT2D eigenvalue weighted by atomic mass is 9.97. The average Bonchev–Trinajstić information content (AvgIpc) is 2.38. The molecule has 0 amide bonds. The van der Waals surface area contributed by atoms with Gasteiger partial charge >= 0.3 is 0 Å². The van der Waals surface area contributed by atoms with Gasteiger partial charge in [-0.25, -0.2) is 0 Å². The van der Waals surface area contributed by atoms with E-state index in [-0.39, 0.29) is 0 Å². The molecular weight excluding hydrogens is 214 g/mol. The first-order valence-corrected chi connectivity index (χ1v) is 6.33.